The molecule has 0 aliphatic rings. The summed E-state index contributed by atoms with van der Waals surface area (Å²) in [5, 5.41) is 16.2. The summed E-state index contributed by atoms with van der Waals surface area (Å²) in [6, 6.07) is 9.20. The highest BCUT2D eigenvalue weighted by Crippen LogP contribution is 2.31. The summed E-state index contributed by atoms with van der Waals surface area (Å²) >= 11 is 12.4. The smallest absolute Gasteiger partial charge is 0.230 e. The Morgan fingerprint density at radius 2 is 2.00 bits per heavy atom. The molecular weight excluding hydrogens is 350 g/mol. The Labute approximate surface area is 149 Å². The molecule has 0 unspecified atom stereocenters. The number of thiocarbonyl (C=S) groups is 1. The number of hydrogen-bond acceptors (Lipinski definition) is 4. The van der Waals surface area contributed by atoms with Crippen molar-refractivity contribution in [2.75, 3.05) is 5.32 Å². The van der Waals surface area contributed by atoms with E-state index in [1.807, 2.05) is 13.8 Å². The van der Waals surface area contributed by atoms with E-state index in [0.29, 0.717) is 15.6 Å². The molecule has 0 aliphatic heterocycles. The molecule has 7 heteroatoms. The topological polar surface area (TPSA) is 64.9 Å². The van der Waals surface area contributed by atoms with Crippen LogP contribution >= 0.6 is 35.2 Å². The van der Waals surface area contributed by atoms with Gasteiger partial charge in [0.2, 0.25) is 5.91 Å². The van der Waals surface area contributed by atoms with Gasteiger partial charge >= 0.3 is 0 Å². The highest BCUT2D eigenvalue weighted by Gasteiger charge is 2.14. The monoisotopic (exact) mass is 363 g/mol. The number of nitrogens with one attached hydrogen (secondary N) is 2. The summed E-state index contributed by atoms with van der Waals surface area (Å²) < 4.78 is 0. The third kappa shape index (κ3) is 4.52. The maximum Gasteiger partial charge on any atom is 0.230 e. The third-order valence-corrected chi connectivity index (χ3v) is 4.83. The molecular formula is C16H14ClN3OS2. The number of nitriles is 1. The van der Waals surface area contributed by atoms with Crippen molar-refractivity contribution in [2.24, 2.45) is 0 Å². The lowest BCUT2D eigenvalue weighted by molar-refractivity contribution is -0.119. The van der Waals surface area contributed by atoms with E-state index in [4.69, 9.17) is 23.8 Å². The van der Waals surface area contributed by atoms with Gasteiger partial charge in [0, 0.05) is 9.90 Å². The molecule has 0 aliphatic carbocycles. The summed E-state index contributed by atoms with van der Waals surface area (Å²) in [7, 11) is 0. The number of thiophene rings is 1. The second kappa shape index (κ2) is 7.55. The van der Waals surface area contributed by atoms with Gasteiger partial charge in [0.15, 0.2) is 5.11 Å². The Hall–Kier alpha value is -1.94. The lowest BCUT2D eigenvalue weighted by Gasteiger charge is -2.08. The number of hydrogen-bond donors (Lipinski definition) is 2. The van der Waals surface area contributed by atoms with Crippen LogP contribution in [0, 0.1) is 25.2 Å². The molecule has 1 heterocycles. The van der Waals surface area contributed by atoms with Crippen molar-refractivity contribution in [3.05, 3.63) is 50.9 Å². The molecule has 0 bridgehead atoms. The minimum absolute atomic E-state index is 0.182. The van der Waals surface area contributed by atoms with E-state index in [0.717, 1.165) is 16.0 Å². The Morgan fingerprint density at radius 3 is 2.61 bits per heavy atom. The van der Waals surface area contributed by atoms with Gasteiger partial charge in [0.1, 0.15) is 11.1 Å². The first-order valence-corrected chi connectivity index (χ1v) is 8.36. The van der Waals surface area contributed by atoms with E-state index in [-0.39, 0.29) is 17.4 Å². The lowest BCUT2D eigenvalue weighted by Crippen LogP contribution is -2.35. The van der Waals surface area contributed by atoms with Crippen molar-refractivity contribution >= 4 is 51.2 Å². The van der Waals surface area contributed by atoms with Crippen molar-refractivity contribution < 1.29 is 4.79 Å². The number of anilines is 1. The zero-order valence-electron chi connectivity index (χ0n) is 12.6. The van der Waals surface area contributed by atoms with E-state index >= 15 is 0 Å². The van der Waals surface area contributed by atoms with Crippen molar-refractivity contribution in [1.29, 1.82) is 5.26 Å². The fraction of sp³-hybridized carbons (Fsp3) is 0.188. The van der Waals surface area contributed by atoms with Gasteiger partial charge in [-0.2, -0.15) is 5.26 Å². The summed E-state index contributed by atoms with van der Waals surface area (Å²) in [5.74, 6) is -0.228. The molecule has 0 fully saturated rings. The summed E-state index contributed by atoms with van der Waals surface area (Å²) in [6.07, 6.45) is 0.201. The molecule has 1 aromatic heterocycles. The summed E-state index contributed by atoms with van der Waals surface area (Å²) in [6.45, 7) is 3.83. The molecule has 0 spiro atoms. The molecule has 1 amide bonds. The van der Waals surface area contributed by atoms with Crippen LogP contribution in [0.3, 0.4) is 0 Å². The minimum Gasteiger partial charge on any atom is -0.323 e. The Bertz CT molecular complexity index is 791. The van der Waals surface area contributed by atoms with Crippen LogP contribution in [0.2, 0.25) is 5.02 Å². The van der Waals surface area contributed by atoms with Crippen LogP contribution in [0.5, 0.6) is 0 Å². The number of benzene rings is 1. The van der Waals surface area contributed by atoms with E-state index in [1.54, 1.807) is 24.3 Å². The average Bonchev–Trinajstić information content (AvgIpc) is 2.75. The van der Waals surface area contributed by atoms with Gasteiger partial charge in [0.05, 0.1) is 12.0 Å². The minimum atomic E-state index is -0.228. The molecule has 0 atom stereocenters. The molecule has 23 heavy (non-hydrogen) atoms. The van der Waals surface area contributed by atoms with Crippen LogP contribution in [0.15, 0.2) is 24.3 Å². The molecule has 1 aromatic carbocycles. The summed E-state index contributed by atoms with van der Waals surface area (Å²) in [4.78, 5) is 13.0. The van der Waals surface area contributed by atoms with Crippen LogP contribution in [0.1, 0.15) is 21.6 Å². The molecule has 2 aromatic rings. The van der Waals surface area contributed by atoms with Gasteiger partial charge in [-0.15, -0.1) is 11.3 Å². The van der Waals surface area contributed by atoms with E-state index in [9.17, 15) is 10.1 Å². The lowest BCUT2D eigenvalue weighted by atomic mass is 10.1. The summed E-state index contributed by atoms with van der Waals surface area (Å²) in [5.41, 5.74) is 2.33. The Kier molecular flexibility index (Phi) is 5.72. The molecule has 4 nitrogen and oxygen atoms in total. The maximum atomic E-state index is 12.0. The fourth-order valence-electron chi connectivity index (χ4n) is 1.94. The van der Waals surface area contributed by atoms with Crippen molar-refractivity contribution in [1.82, 2.24) is 5.32 Å². The van der Waals surface area contributed by atoms with Crippen LogP contribution in [-0.4, -0.2) is 11.0 Å². The zero-order valence-corrected chi connectivity index (χ0v) is 15.0. The first kappa shape index (κ1) is 17.4. The van der Waals surface area contributed by atoms with Gasteiger partial charge in [-0.3, -0.25) is 4.79 Å². The van der Waals surface area contributed by atoms with E-state index in [1.165, 1.54) is 11.3 Å². The van der Waals surface area contributed by atoms with E-state index in [2.05, 4.69) is 16.7 Å². The largest absolute Gasteiger partial charge is 0.323 e. The highest BCUT2D eigenvalue weighted by atomic mass is 35.5. The van der Waals surface area contributed by atoms with Gasteiger partial charge in [0.25, 0.3) is 0 Å². The second-order valence-electron chi connectivity index (χ2n) is 4.90. The Balaban J connectivity index is 1.97. The first-order valence-electron chi connectivity index (χ1n) is 6.76. The van der Waals surface area contributed by atoms with Gasteiger partial charge < -0.3 is 10.6 Å². The van der Waals surface area contributed by atoms with Crippen LogP contribution in [0.25, 0.3) is 0 Å². The van der Waals surface area contributed by atoms with Crippen molar-refractivity contribution in [3.8, 4) is 6.07 Å². The SMILES string of the molecule is Cc1sc(NC(=S)NC(=O)Cc2ccc(Cl)cc2)c(C#N)c1C. The number of carbonyl (C=O) groups excluding carboxylic acids is 1. The predicted octanol–water partition coefficient (Wildman–Crippen LogP) is 3.95. The predicted molar refractivity (Wildman–Crippen MR) is 98.0 cm³/mol. The van der Waals surface area contributed by atoms with Gasteiger partial charge in [-0.1, -0.05) is 23.7 Å². The Morgan fingerprint density at radius 1 is 1.35 bits per heavy atom. The van der Waals surface area contributed by atoms with Crippen LogP contribution in [-0.2, 0) is 11.2 Å². The quantitative estimate of drug-likeness (QED) is 0.810. The standard InChI is InChI=1S/C16H14ClN3OS2/c1-9-10(2)23-15(13(9)8-18)20-16(22)19-14(21)7-11-3-5-12(17)6-4-11/h3-6H,7H2,1-2H3,(H2,19,20,21,22). The second-order valence-corrected chi connectivity index (χ2v) is 6.97. The third-order valence-electron chi connectivity index (χ3n) is 3.26. The number of rotatable bonds is 3. The number of nitrogens with zero attached hydrogens (tertiary/aromatic N) is 1. The normalized spacial score (nSPS) is 10.0. The maximum absolute atomic E-state index is 12.0. The molecule has 0 radical (unpaired) electrons. The molecule has 2 rings (SSSR count). The number of halogens is 1. The van der Waals surface area contributed by atoms with Gasteiger partial charge in [-0.25, -0.2) is 0 Å². The first-order chi connectivity index (χ1) is 10.9. The number of carbonyl (C=O) groups is 1. The molecule has 118 valence electrons. The van der Waals surface area contributed by atoms with Crippen molar-refractivity contribution in [3.63, 3.8) is 0 Å². The van der Waals surface area contributed by atoms with Gasteiger partial charge in [-0.05, 0) is 49.3 Å². The molecule has 0 saturated heterocycles. The molecule has 2 N–H and O–H groups in total. The fourth-order valence-corrected chi connectivity index (χ4v) is 3.36. The number of amides is 1. The zero-order chi connectivity index (χ0) is 17.0. The van der Waals surface area contributed by atoms with Crippen molar-refractivity contribution in [2.45, 2.75) is 20.3 Å². The van der Waals surface area contributed by atoms with Crippen LogP contribution in [0.4, 0.5) is 5.00 Å². The average molecular weight is 364 g/mol. The van der Waals surface area contributed by atoms with Crippen LogP contribution < -0.4 is 10.6 Å². The highest BCUT2D eigenvalue weighted by molar-refractivity contribution is 7.80. The van der Waals surface area contributed by atoms with E-state index < -0.39 is 0 Å². The number of aryl methyl sites for hydroxylation is 1. The molecule has 0 saturated carbocycles.